The van der Waals surface area contributed by atoms with E-state index in [1.165, 1.54) is 0 Å². The first-order chi connectivity index (χ1) is 14.6. The standard InChI is InChI=1S/C22H27FN6O/c1-14-6-7-16(12-19(14)23)22-20(5-4-10-24-22)25-13-17-11-18(8-9-21(17)30-3)29-15(2)26-27-28-29/h6-9,11-12,20,22,24-25H,4-5,10,13H2,1-3H3/t20-,22-/m0/s1. The van der Waals surface area contributed by atoms with Crippen LogP contribution in [-0.4, -0.2) is 39.9 Å². The molecule has 4 rings (SSSR count). The van der Waals surface area contributed by atoms with Gasteiger partial charge in [-0.2, -0.15) is 4.68 Å². The van der Waals surface area contributed by atoms with Crippen molar-refractivity contribution in [1.29, 1.82) is 0 Å². The molecule has 0 amide bonds. The molecule has 2 N–H and O–H groups in total. The second-order valence-electron chi connectivity index (χ2n) is 7.70. The summed E-state index contributed by atoms with van der Waals surface area (Å²) in [6, 6.07) is 11.6. The van der Waals surface area contributed by atoms with Crippen LogP contribution in [0.3, 0.4) is 0 Å². The van der Waals surface area contributed by atoms with Crippen LogP contribution in [0.15, 0.2) is 36.4 Å². The maximum Gasteiger partial charge on any atom is 0.153 e. The number of nitrogens with one attached hydrogen (secondary N) is 2. The van der Waals surface area contributed by atoms with Crippen molar-refractivity contribution >= 4 is 0 Å². The molecule has 1 aromatic heterocycles. The van der Waals surface area contributed by atoms with Gasteiger partial charge in [0.15, 0.2) is 5.82 Å². The van der Waals surface area contributed by atoms with Crippen LogP contribution in [0.5, 0.6) is 5.75 Å². The van der Waals surface area contributed by atoms with Crippen molar-refractivity contribution in [3.05, 3.63) is 64.7 Å². The minimum Gasteiger partial charge on any atom is -0.496 e. The number of aromatic nitrogens is 4. The number of halogens is 1. The summed E-state index contributed by atoms with van der Waals surface area (Å²) >= 11 is 0. The van der Waals surface area contributed by atoms with Gasteiger partial charge in [-0.15, -0.1) is 5.10 Å². The van der Waals surface area contributed by atoms with E-state index in [1.54, 1.807) is 24.8 Å². The maximum absolute atomic E-state index is 14.1. The van der Waals surface area contributed by atoms with Gasteiger partial charge in [-0.3, -0.25) is 0 Å². The zero-order valence-electron chi connectivity index (χ0n) is 17.5. The van der Waals surface area contributed by atoms with Crippen LogP contribution in [0, 0.1) is 19.7 Å². The lowest BCUT2D eigenvalue weighted by atomic mass is 9.91. The largest absolute Gasteiger partial charge is 0.496 e. The van der Waals surface area contributed by atoms with Crippen molar-refractivity contribution in [2.75, 3.05) is 13.7 Å². The van der Waals surface area contributed by atoms with E-state index in [4.69, 9.17) is 4.74 Å². The highest BCUT2D eigenvalue weighted by molar-refractivity contribution is 5.44. The summed E-state index contributed by atoms with van der Waals surface area (Å²) in [6.45, 7) is 5.20. The number of ether oxygens (including phenoxy) is 1. The van der Waals surface area contributed by atoms with Gasteiger partial charge < -0.3 is 15.4 Å². The summed E-state index contributed by atoms with van der Waals surface area (Å²) in [6.07, 6.45) is 2.09. The summed E-state index contributed by atoms with van der Waals surface area (Å²) in [5.74, 6) is 1.36. The van der Waals surface area contributed by atoms with Gasteiger partial charge in [0.2, 0.25) is 0 Å². The third-order valence-corrected chi connectivity index (χ3v) is 5.70. The highest BCUT2D eigenvalue weighted by Gasteiger charge is 2.26. The molecule has 1 aliphatic heterocycles. The molecule has 0 saturated carbocycles. The molecular formula is C22H27FN6O. The first kappa shape index (κ1) is 20.4. The van der Waals surface area contributed by atoms with Gasteiger partial charge in [0.25, 0.3) is 0 Å². The Bertz CT molecular complexity index is 1020. The van der Waals surface area contributed by atoms with Gasteiger partial charge in [-0.1, -0.05) is 12.1 Å². The Morgan fingerprint density at radius 1 is 1.23 bits per heavy atom. The Labute approximate surface area is 175 Å². The lowest BCUT2D eigenvalue weighted by molar-refractivity contribution is 0.302. The molecule has 8 heteroatoms. The smallest absolute Gasteiger partial charge is 0.153 e. The topological polar surface area (TPSA) is 76.9 Å². The summed E-state index contributed by atoms with van der Waals surface area (Å²) in [5.41, 5.74) is 3.54. The molecule has 2 aromatic carbocycles. The number of hydrogen-bond acceptors (Lipinski definition) is 6. The van der Waals surface area contributed by atoms with Crippen molar-refractivity contribution in [3.8, 4) is 11.4 Å². The lowest BCUT2D eigenvalue weighted by Gasteiger charge is -2.34. The van der Waals surface area contributed by atoms with E-state index in [2.05, 4.69) is 26.2 Å². The van der Waals surface area contributed by atoms with Crippen molar-refractivity contribution in [3.63, 3.8) is 0 Å². The van der Waals surface area contributed by atoms with Gasteiger partial charge in [0.05, 0.1) is 12.8 Å². The predicted octanol–water partition coefficient (Wildman–Crippen LogP) is 3.01. The molecule has 0 bridgehead atoms. The Morgan fingerprint density at radius 2 is 2.10 bits per heavy atom. The summed E-state index contributed by atoms with van der Waals surface area (Å²) in [4.78, 5) is 0. The van der Waals surface area contributed by atoms with Gasteiger partial charge in [-0.25, -0.2) is 4.39 Å². The second kappa shape index (κ2) is 8.89. The zero-order valence-corrected chi connectivity index (χ0v) is 17.5. The van der Waals surface area contributed by atoms with E-state index in [9.17, 15) is 4.39 Å². The molecule has 0 radical (unpaired) electrons. The van der Waals surface area contributed by atoms with E-state index in [1.807, 2.05) is 37.3 Å². The number of benzene rings is 2. The number of hydrogen-bond donors (Lipinski definition) is 2. The minimum absolute atomic E-state index is 0.0600. The van der Waals surface area contributed by atoms with E-state index in [0.717, 1.165) is 47.8 Å². The summed E-state index contributed by atoms with van der Waals surface area (Å²) < 4.78 is 21.4. The number of rotatable bonds is 6. The molecule has 0 aliphatic carbocycles. The van der Waals surface area contributed by atoms with Crippen molar-refractivity contribution in [1.82, 2.24) is 30.8 Å². The van der Waals surface area contributed by atoms with Crippen molar-refractivity contribution < 1.29 is 9.13 Å². The highest BCUT2D eigenvalue weighted by Crippen LogP contribution is 2.27. The predicted molar refractivity (Wildman–Crippen MR) is 112 cm³/mol. The van der Waals surface area contributed by atoms with Crippen LogP contribution in [0.25, 0.3) is 5.69 Å². The third-order valence-electron chi connectivity index (χ3n) is 5.70. The average Bonchev–Trinajstić information content (AvgIpc) is 3.20. The fraction of sp³-hybridized carbons (Fsp3) is 0.409. The number of tetrazole rings is 1. The van der Waals surface area contributed by atoms with Crippen LogP contribution in [0.1, 0.15) is 41.4 Å². The van der Waals surface area contributed by atoms with E-state index < -0.39 is 0 Å². The van der Waals surface area contributed by atoms with Crippen molar-refractivity contribution in [2.24, 2.45) is 0 Å². The van der Waals surface area contributed by atoms with Crippen LogP contribution >= 0.6 is 0 Å². The molecule has 0 spiro atoms. The molecule has 158 valence electrons. The zero-order chi connectivity index (χ0) is 21.1. The number of aryl methyl sites for hydroxylation is 2. The first-order valence-electron chi connectivity index (χ1n) is 10.2. The number of nitrogens with zero attached hydrogens (tertiary/aromatic N) is 4. The number of methoxy groups -OCH3 is 1. The molecule has 1 fully saturated rings. The second-order valence-corrected chi connectivity index (χ2v) is 7.70. The average molecular weight is 410 g/mol. The first-order valence-corrected chi connectivity index (χ1v) is 10.2. The Morgan fingerprint density at radius 3 is 2.83 bits per heavy atom. The lowest BCUT2D eigenvalue weighted by Crippen LogP contribution is -2.45. The Balaban J connectivity index is 1.55. The Kier molecular flexibility index (Phi) is 6.06. The normalized spacial score (nSPS) is 19.1. The Hall–Kier alpha value is -2.84. The highest BCUT2D eigenvalue weighted by atomic mass is 19.1. The van der Waals surface area contributed by atoms with E-state index >= 15 is 0 Å². The van der Waals surface area contributed by atoms with E-state index in [0.29, 0.717) is 12.1 Å². The van der Waals surface area contributed by atoms with Gasteiger partial charge >= 0.3 is 0 Å². The molecule has 1 saturated heterocycles. The summed E-state index contributed by atoms with van der Waals surface area (Å²) in [7, 11) is 1.67. The fourth-order valence-corrected chi connectivity index (χ4v) is 4.01. The maximum atomic E-state index is 14.1. The molecule has 3 aromatic rings. The minimum atomic E-state index is -0.162. The monoisotopic (exact) mass is 410 g/mol. The molecular weight excluding hydrogens is 383 g/mol. The third kappa shape index (κ3) is 4.20. The quantitative estimate of drug-likeness (QED) is 0.651. The van der Waals surface area contributed by atoms with Crippen LogP contribution in [0.2, 0.25) is 0 Å². The molecule has 0 unspecified atom stereocenters. The van der Waals surface area contributed by atoms with Gasteiger partial charge in [-0.05, 0) is 79.1 Å². The van der Waals surface area contributed by atoms with Crippen molar-refractivity contribution in [2.45, 2.75) is 45.3 Å². The van der Waals surface area contributed by atoms with Gasteiger partial charge in [0.1, 0.15) is 11.6 Å². The molecule has 2 heterocycles. The van der Waals surface area contributed by atoms with Crippen LogP contribution in [0.4, 0.5) is 4.39 Å². The van der Waals surface area contributed by atoms with E-state index in [-0.39, 0.29) is 17.9 Å². The van der Waals surface area contributed by atoms with Gasteiger partial charge in [0, 0.05) is 24.2 Å². The summed E-state index contributed by atoms with van der Waals surface area (Å²) in [5, 5.41) is 18.9. The van der Waals surface area contributed by atoms with Crippen LogP contribution < -0.4 is 15.4 Å². The molecule has 30 heavy (non-hydrogen) atoms. The fourth-order valence-electron chi connectivity index (χ4n) is 4.01. The molecule has 7 nitrogen and oxygen atoms in total. The molecule has 1 aliphatic rings. The van der Waals surface area contributed by atoms with Crippen LogP contribution in [-0.2, 0) is 6.54 Å². The molecule has 2 atom stereocenters. The number of piperidine rings is 1. The SMILES string of the molecule is COc1ccc(-n2nnnc2C)cc1CN[C@H]1CCCN[C@H]1c1ccc(C)c(F)c1.